The number of hydrogen-bond acceptors (Lipinski definition) is 1. The molecule has 0 heterocycles. The molecule has 0 aliphatic carbocycles. The Kier molecular flexibility index (Phi) is 5.69. The second-order valence-electron chi connectivity index (χ2n) is 1.31. The van der Waals surface area contributed by atoms with Crippen molar-refractivity contribution in [3.05, 3.63) is 12.2 Å². The van der Waals surface area contributed by atoms with Crippen LogP contribution < -0.4 is 0 Å². The summed E-state index contributed by atoms with van der Waals surface area (Å²) in [6.45, 7) is 2.02. The molecule has 0 radical (unpaired) electrons. The van der Waals surface area contributed by atoms with Gasteiger partial charge >= 0.3 is 0 Å². The zero-order valence-corrected chi connectivity index (χ0v) is 5.37. The molecule has 0 unspecified atom stereocenters. The minimum atomic E-state index is 1.03. The highest BCUT2D eigenvalue weighted by molar-refractivity contribution is 7.78. The van der Waals surface area contributed by atoms with Crippen LogP contribution in [0.2, 0.25) is 0 Å². The second-order valence-corrected chi connectivity index (χ2v) is 1.65. The molecule has 0 N–H and O–H groups in total. The Labute approximate surface area is 50.2 Å². The van der Waals surface area contributed by atoms with E-state index < -0.39 is 0 Å². The van der Waals surface area contributed by atoms with Crippen molar-refractivity contribution in [1.82, 2.24) is 0 Å². The molecule has 0 saturated carbocycles. The van der Waals surface area contributed by atoms with Crippen LogP contribution in [0.4, 0.5) is 0 Å². The first-order chi connectivity index (χ1) is 3.41. The van der Waals surface area contributed by atoms with Crippen molar-refractivity contribution >= 4 is 17.6 Å². The van der Waals surface area contributed by atoms with E-state index in [2.05, 4.69) is 18.3 Å². The van der Waals surface area contributed by atoms with Crippen molar-refractivity contribution in [3.8, 4) is 0 Å². The summed E-state index contributed by atoms with van der Waals surface area (Å²) >= 11 is 4.61. The van der Waals surface area contributed by atoms with E-state index in [4.69, 9.17) is 0 Å². The van der Waals surface area contributed by atoms with Crippen molar-refractivity contribution < 1.29 is 0 Å². The Hall–Kier alpha value is -0.170. The van der Waals surface area contributed by atoms with E-state index in [0.717, 1.165) is 12.8 Å². The van der Waals surface area contributed by atoms with Crippen LogP contribution >= 0.6 is 12.2 Å². The maximum absolute atomic E-state index is 4.61. The van der Waals surface area contributed by atoms with Gasteiger partial charge in [-0.25, -0.2) is 0 Å². The Morgan fingerprint density at radius 1 is 1.43 bits per heavy atom. The van der Waals surface area contributed by atoms with Gasteiger partial charge in [0.2, 0.25) is 0 Å². The lowest BCUT2D eigenvalue weighted by molar-refractivity contribution is 1.13. The van der Waals surface area contributed by atoms with Gasteiger partial charge in [0.05, 0.1) is 0 Å². The molecule has 0 fully saturated rings. The van der Waals surface area contributed by atoms with Crippen LogP contribution in [-0.2, 0) is 0 Å². The van der Waals surface area contributed by atoms with Gasteiger partial charge in [0, 0.05) is 0 Å². The van der Waals surface area contributed by atoms with Gasteiger partial charge < -0.3 is 0 Å². The first-order valence-corrected chi connectivity index (χ1v) is 2.93. The van der Waals surface area contributed by atoms with Gasteiger partial charge in [-0.3, -0.25) is 0 Å². The van der Waals surface area contributed by atoms with Gasteiger partial charge in [-0.05, 0) is 25.1 Å². The zero-order valence-electron chi connectivity index (χ0n) is 4.55. The normalized spacial score (nSPS) is 9.86. The summed E-state index contributed by atoms with van der Waals surface area (Å²) in [6.07, 6.45) is 6.28. The third kappa shape index (κ3) is 5.83. The summed E-state index contributed by atoms with van der Waals surface area (Å²) < 4.78 is 0. The fourth-order valence-corrected chi connectivity index (χ4v) is 0.467. The Balaban J connectivity index is 2.82. The average molecular weight is 114 g/mol. The largest absolute Gasteiger partial charge is 0.0935 e. The topological polar surface area (TPSA) is 0 Å². The third-order valence-corrected chi connectivity index (χ3v) is 0.923. The van der Waals surface area contributed by atoms with Gasteiger partial charge in [0.25, 0.3) is 0 Å². The summed E-state index contributed by atoms with van der Waals surface area (Å²) in [5.41, 5.74) is 0. The molecule has 0 saturated heterocycles. The molecular formula is C6H10S. The van der Waals surface area contributed by atoms with Crippen LogP contribution in [0.3, 0.4) is 0 Å². The zero-order chi connectivity index (χ0) is 5.54. The number of hydrogen-bond donors (Lipinski definition) is 0. The number of rotatable bonds is 3. The molecular weight excluding hydrogens is 104 g/mol. The van der Waals surface area contributed by atoms with Gasteiger partial charge in [-0.15, -0.1) is 0 Å². The molecule has 0 aliphatic heterocycles. The predicted octanol–water partition coefficient (Wildman–Crippen LogP) is 2.34. The smallest absolute Gasteiger partial charge is 0.0207 e. The Bertz CT molecular complexity index is 64.6. The lowest BCUT2D eigenvalue weighted by Crippen LogP contribution is -1.65. The van der Waals surface area contributed by atoms with E-state index in [0.29, 0.717) is 0 Å². The number of unbranched alkanes of at least 4 members (excludes halogenated alkanes) is 1. The van der Waals surface area contributed by atoms with E-state index in [9.17, 15) is 0 Å². The first-order valence-electron chi connectivity index (χ1n) is 2.46. The van der Waals surface area contributed by atoms with Gasteiger partial charge in [0.15, 0.2) is 0 Å². The van der Waals surface area contributed by atoms with E-state index in [1.165, 1.54) is 0 Å². The maximum Gasteiger partial charge on any atom is -0.0207 e. The van der Waals surface area contributed by atoms with Crippen molar-refractivity contribution in [2.24, 2.45) is 0 Å². The molecule has 0 aliphatic rings. The summed E-state index contributed by atoms with van der Waals surface area (Å²) in [4.78, 5) is 0. The molecule has 0 amide bonds. The minimum Gasteiger partial charge on any atom is -0.0935 e. The molecule has 1 heteroatoms. The lowest BCUT2D eigenvalue weighted by atomic mass is 10.3. The second kappa shape index (κ2) is 5.83. The van der Waals surface area contributed by atoms with E-state index in [1.807, 2.05) is 13.0 Å². The quantitative estimate of drug-likeness (QED) is 0.308. The van der Waals surface area contributed by atoms with E-state index in [1.54, 1.807) is 5.37 Å². The summed E-state index contributed by atoms with van der Waals surface area (Å²) in [5, 5.41) is 1.76. The molecule has 0 aromatic carbocycles. The Morgan fingerprint density at radius 2 is 2.14 bits per heavy atom. The number of thiocarbonyl (C=S) groups is 1. The highest BCUT2D eigenvalue weighted by atomic mass is 32.1. The van der Waals surface area contributed by atoms with Gasteiger partial charge in [-0.2, -0.15) is 0 Å². The van der Waals surface area contributed by atoms with Crippen LogP contribution in [0.5, 0.6) is 0 Å². The monoisotopic (exact) mass is 114 g/mol. The molecule has 7 heavy (non-hydrogen) atoms. The van der Waals surface area contributed by atoms with Crippen LogP contribution in [-0.4, -0.2) is 5.37 Å². The molecule has 0 bridgehead atoms. The molecule has 0 spiro atoms. The molecule has 0 rings (SSSR count). The summed E-state index contributed by atoms with van der Waals surface area (Å²) in [6, 6.07) is 0. The van der Waals surface area contributed by atoms with Gasteiger partial charge in [0.1, 0.15) is 0 Å². The Morgan fingerprint density at radius 3 is 2.57 bits per heavy atom. The van der Waals surface area contributed by atoms with Crippen molar-refractivity contribution in [2.45, 2.75) is 19.8 Å². The van der Waals surface area contributed by atoms with Crippen molar-refractivity contribution in [3.63, 3.8) is 0 Å². The van der Waals surface area contributed by atoms with Crippen LogP contribution in [0.1, 0.15) is 19.8 Å². The van der Waals surface area contributed by atoms with E-state index in [-0.39, 0.29) is 0 Å². The van der Waals surface area contributed by atoms with Crippen molar-refractivity contribution in [1.29, 1.82) is 0 Å². The molecule has 0 atom stereocenters. The average Bonchev–Trinajstić information content (AvgIpc) is 1.69. The minimum absolute atomic E-state index is 1.03. The van der Waals surface area contributed by atoms with Gasteiger partial charge in [-0.1, -0.05) is 24.4 Å². The summed E-state index contributed by atoms with van der Waals surface area (Å²) in [7, 11) is 0. The van der Waals surface area contributed by atoms with Crippen LogP contribution in [0.25, 0.3) is 0 Å². The molecule has 40 valence electrons. The fraction of sp³-hybridized carbons (Fsp3) is 0.500. The lowest BCUT2D eigenvalue weighted by Gasteiger charge is -1.78. The fourth-order valence-electron chi connectivity index (χ4n) is 0.331. The van der Waals surface area contributed by atoms with Crippen LogP contribution in [0, 0.1) is 0 Å². The molecule has 0 aromatic heterocycles. The highest BCUT2D eigenvalue weighted by Gasteiger charge is 1.69. The number of allylic oxidation sites excluding steroid dienone is 2. The predicted molar refractivity (Wildman–Crippen MR) is 37.7 cm³/mol. The highest BCUT2D eigenvalue weighted by Crippen LogP contribution is 1.85. The van der Waals surface area contributed by atoms with Crippen molar-refractivity contribution in [2.75, 3.05) is 0 Å². The maximum atomic E-state index is 4.61. The SMILES string of the molecule is CC=CCCC=S. The third-order valence-electron chi connectivity index (χ3n) is 0.687. The molecule has 0 aromatic rings. The molecule has 0 nitrogen and oxygen atoms in total. The standard InChI is InChI=1S/C6H10S/c1-2-3-4-5-6-7/h2-3,6H,4-5H2,1H3. The summed E-state index contributed by atoms with van der Waals surface area (Å²) in [5.74, 6) is 0. The van der Waals surface area contributed by atoms with E-state index >= 15 is 0 Å². The van der Waals surface area contributed by atoms with Crippen LogP contribution in [0.15, 0.2) is 12.2 Å². The first kappa shape index (κ1) is 6.83.